The number of benzene rings is 2. The van der Waals surface area contributed by atoms with Gasteiger partial charge in [0.1, 0.15) is 5.75 Å². The number of hydrogen-bond acceptors (Lipinski definition) is 3. The molecule has 5 nitrogen and oxygen atoms in total. The third-order valence-electron chi connectivity index (χ3n) is 3.90. The van der Waals surface area contributed by atoms with E-state index in [0.29, 0.717) is 23.5 Å². The van der Waals surface area contributed by atoms with E-state index in [1.807, 2.05) is 30.3 Å². The van der Waals surface area contributed by atoms with Crippen molar-refractivity contribution in [2.75, 3.05) is 25.6 Å². The second-order valence-electron chi connectivity index (χ2n) is 5.57. The maximum absolute atomic E-state index is 12.6. The van der Waals surface area contributed by atoms with Crippen LogP contribution in [0.25, 0.3) is 0 Å². The van der Waals surface area contributed by atoms with Crippen LogP contribution in [0, 0.1) is 0 Å². The van der Waals surface area contributed by atoms with Gasteiger partial charge in [-0.1, -0.05) is 30.3 Å². The molecule has 1 aliphatic heterocycles. The van der Waals surface area contributed by atoms with Gasteiger partial charge in [-0.2, -0.15) is 0 Å². The standard InChI is InChI=1S/C18H18N2O3/c1-19(11-13-6-4-3-5-7-13)18(22)14-8-9-16-15(10-14)20(2)17(21)12-23-16/h3-10H,11-12H2,1-2H3. The van der Waals surface area contributed by atoms with Crippen LogP contribution in [0.2, 0.25) is 0 Å². The molecule has 118 valence electrons. The summed E-state index contributed by atoms with van der Waals surface area (Å²) < 4.78 is 5.38. The van der Waals surface area contributed by atoms with Crippen LogP contribution in [-0.2, 0) is 11.3 Å². The number of fused-ring (bicyclic) bond motifs is 1. The van der Waals surface area contributed by atoms with Gasteiger partial charge in [-0.05, 0) is 23.8 Å². The molecule has 0 aromatic heterocycles. The molecule has 0 saturated heterocycles. The first-order valence-electron chi connectivity index (χ1n) is 7.39. The van der Waals surface area contributed by atoms with Crippen molar-refractivity contribution in [1.29, 1.82) is 0 Å². The zero-order valence-electron chi connectivity index (χ0n) is 13.2. The number of nitrogens with zero attached hydrogens (tertiary/aromatic N) is 2. The highest BCUT2D eigenvalue weighted by atomic mass is 16.5. The molecule has 0 atom stereocenters. The Hall–Kier alpha value is -2.82. The van der Waals surface area contributed by atoms with Crippen molar-refractivity contribution in [2.45, 2.75) is 6.54 Å². The Morgan fingerprint density at radius 2 is 1.96 bits per heavy atom. The minimum Gasteiger partial charge on any atom is -0.482 e. The molecule has 1 aliphatic rings. The molecule has 0 fully saturated rings. The molecular weight excluding hydrogens is 292 g/mol. The van der Waals surface area contributed by atoms with Crippen molar-refractivity contribution >= 4 is 17.5 Å². The van der Waals surface area contributed by atoms with E-state index >= 15 is 0 Å². The molecule has 2 aromatic carbocycles. The zero-order valence-corrected chi connectivity index (χ0v) is 13.2. The highest BCUT2D eigenvalue weighted by molar-refractivity contribution is 6.00. The second-order valence-corrected chi connectivity index (χ2v) is 5.57. The van der Waals surface area contributed by atoms with E-state index in [9.17, 15) is 9.59 Å². The fourth-order valence-electron chi connectivity index (χ4n) is 2.55. The summed E-state index contributed by atoms with van der Waals surface area (Å²) in [5.41, 5.74) is 2.23. The normalized spacial score (nSPS) is 13.3. The van der Waals surface area contributed by atoms with Gasteiger partial charge in [0.05, 0.1) is 5.69 Å². The van der Waals surface area contributed by atoms with Crippen LogP contribution in [-0.4, -0.2) is 37.4 Å². The molecule has 0 N–H and O–H groups in total. The maximum Gasteiger partial charge on any atom is 0.264 e. The molecule has 0 bridgehead atoms. The van der Waals surface area contributed by atoms with Gasteiger partial charge < -0.3 is 14.5 Å². The van der Waals surface area contributed by atoms with Crippen molar-refractivity contribution < 1.29 is 14.3 Å². The zero-order chi connectivity index (χ0) is 16.4. The van der Waals surface area contributed by atoms with Crippen molar-refractivity contribution in [2.24, 2.45) is 0 Å². The number of hydrogen-bond donors (Lipinski definition) is 0. The lowest BCUT2D eigenvalue weighted by Crippen LogP contribution is -2.35. The second kappa shape index (κ2) is 6.12. The Morgan fingerprint density at radius 3 is 2.70 bits per heavy atom. The van der Waals surface area contributed by atoms with Crippen LogP contribution in [0.15, 0.2) is 48.5 Å². The predicted molar refractivity (Wildman–Crippen MR) is 87.6 cm³/mol. The van der Waals surface area contributed by atoms with Gasteiger partial charge in [-0.3, -0.25) is 9.59 Å². The van der Waals surface area contributed by atoms with E-state index < -0.39 is 0 Å². The van der Waals surface area contributed by atoms with Gasteiger partial charge >= 0.3 is 0 Å². The molecule has 1 heterocycles. The molecule has 2 aromatic rings. The molecule has 23 heavy (non-hydrogen) atoms. The summed E-state index contributed by atoms with van der Waals surface area (Å²) in [4.78, 5) is 27.5. The topological polar surface area (TPSA) is 49.9 Å². The predicted octanol–water partition coefficient (Wildman–Crippen LogP) is 2.31. The van der Waals surface area contributed by atoms with Crippen LogP contribution >= 0.6 is 0 Å². The fraction of sp³-hybridized carbons (Fsp3) is 0.222. The molecule has 0 saturated carbocycles. The quantitative estimate of drug-likeness (QED) is 0.874. The van der Waals surface area contributed by atoms with Crippen LogP contribution in [0.4, 0.5) is 5.69 Å². The number of carbonyl (C=O) groups excluding carboxylic acids is 2. The summed E-state index contributed by atoms with van der Waals surface area (Å²) in [5.74, 6) is 0.400. The molecular formula is C18H18N2O3. The van der Waals surface area contributed by atoms with Gasteiger partial charge in [-0.15, -0.1) is 0 Å². The summed E-state index contributed by atoms with van der Waals surface area (Å²) >= 11 is 0. The average molecular weight is 310 g/mol. The Morgan fingerprint density at radius 1 is 1.22 bits per heavy atom. The molecule has 3 rings (SSSR count). The Bertz CT molecular complexity index is 743. The lowest BCUT2D eigenvalue weighted by Gasteiger charge is -2.26. The third-order valence-corrected chi connectivity index (χ3v) is 3.90. The minimum absolute atomic E-state index is 0.0324. The summed E-state index contributed by atoms with van der Waals surface area (Å²) in [6.45, 7) is 0.562. The van der Waals surface area contributed by atoms with Crippen LogP contribution in [0.3, 0.4) is 0 Å². The molecule has 0 unspecified atom stereocenters. The van der Waals surface area contributed by atoms with Crippen molar-refractivity contribution in [3.63, 3.8) is 0 Å². The fourth-order valence-corrected chi connectivity index (χ4v) is 2.55. The average Bonchev–Trinajstić information content (AvgIpc) is 2.58. The number of ether oxygens (including phenoxy) is 1. The first-order valence-corrected chi connectivity index (χ1v) is 7.39. The highest BCUT2D eigenvalue weighted by Crippen LogP contribution is 2.32. The molecule has 5 heteroatoms. The first-order chi connectivity index (χ1) is 11.1. The molecule has 0 radical (unpaired) electrons. The van der Waals surface area contributed by atoms with Crippen molar-refractivity contribution in [3.05, 3.63) is 59.7 Å². The minimum atomic E-state index is -0.125. The lowest BCUT2D eigenvalue weighted by atomic mass is 10.1. The Balaban J connectivity index is 1.81. The van der Waals surface area contributed by atoms with Crippen molar-refractivity contribution in [1.82, 2.24) is 4.90 Å². The third kappa shape index (κ3) is 3.04. The van der Waals surface area contributed by atoms with E-state index in [-0.39, 0.29) is 18.4 Å². The van der Waals surface area contributed by atoms with E-state index in [2.05, 4.69) is 0 Å². The monoisotopic (exact) mass is 310 g/mol. The van der Waals surface area contributed by atoms with Gasteiger partial charge in [-0.25, -0.2) is 0 Å². The lowest BCUT2D eigenvalue weighted by molar-refractivity contribution is -0.120. The number of carbonyl (C=O) groups is 2. The number of likely N-dealkylation sites (N-methyl/N-ethyl adjacent to an activating group) is 1. The van der Waals surface area contributed by atoms with E-state index in [1.165, 1.54) is 4.90 Å². The van der Waals surface area contributed by atoms with Gasteiger partial charge in [0.2, 0.25) is 0 Å². The molecule has 0 spiro atoms. The summed E-state index contributed by atoms with van der Waals surface area (Å²) in [6.07, 6.45) is 0. The van der Waals surface area contributed by atoms with E-state index in [4.69, 9.17) is 4.74 Å². The van der Waals surface area contributed by atoms with Gasteiger partial charge in [0.15, 0.2) is 6.61 Å². The highest BCUT2D eigenvalue weighted by Gasteiger charge is 2.24. The van der Waals surface area contributed by atoms with Gasteiger partial charge in [0, 0.05) is 26.2 Å². The SMILES string of the molecule is CN(Cc1ccccc1)C(=O)c1ccc2c(c1)N(C)C(=O)CO2. The number of rotatable bonds is 3. The number of amides is 2. The Kier molecular flexibility index (Phi) is 4.02. The molecule has 2 amide bonds. The van der Waals surface area contributed by atoms with Crippen LogP contribution < -0.4 is 9.64 Å². The summed E-state index contributed by atoms with van der Waals surface area (Å²) in [6, 6.07) is 15.0. The van der Waals surface area contributed by atoms with Crippen LogP contribution in [0.5, 0.6) is 5.75 Å². The largest absolute Gasteiger partial charge is 0.482 e. The summed E-state index contributed by atoms with van der Waals surface area (Å²) in [7, 11) is 3.45. The first kappa shape index (κ1) is 15.1. The van der Waals surface area contributed by atoms with Crippen LogP contribution in [0.1, 0.15) is 15.9 Å². The Labute approximate surface area is 135 Å². The van der Waals surface area contributed by atoms with E-state index in [1.54, 1.807) is 37.2 Å². The van der Waals surface area contributed by atoms with Gasteiger partial charge in [0.25, 0.3) is 11.8 Å². The smallest absolute Gasteiger partial charge is 0.264 e. The summed E-state index contributed by atoms with van der Waals surface area (Å²) in [5, 5.41) is 0. The van der Waals surface area contributed by atoms with E-state index in [0.717, 1.165) is 5.56 Å². The number of anilines is 1. The van der Waals surface area contributed by atoms with Crippen molar-refractivity contribution in [3.8, 4) is 5.75 Å². The molecule has 0 aliphatic carbocycles. The maximum atomic E-state index is 12.6.